The van der Waals surface area contributed by atoms with E-state index >= 15 is 13.2 Å². The molecule has 2 atom stereocenters. The number of fused-ring (bicyclic) bond motifs is 7. The maximum atomic E-state index is 17.4. The van der Waals surface area contributed by atoms with E-state index in [2.05, 4.69) is 20.2 Å². The minimum absolute atomic E-state index is 0.00716. The SMILES string of the molecule is CN(CC(F)(F)F)C(=O)Oc1cc2c3c(c(F)ccc3c1)CCCOC(=O)NC1(C)CC(F)CN(C1)c1nc(OCC34CCCN3CCC4)nc3c(F)c-2ncc13. The molecule has 2 unspecified atom stereocenters. The number of hydrogen-bond donors (Lipinski definition) is 1. The third-order valence-electron chi connectivity index (χ3n) is 11.4. The molecule has 0 aliphatic carbocycles. The largest absolute Gasteiger partial charge is 0.461 e. The topological polar surface area (TPSA) is 122 Å². The number of benzene rings is 2. The van der Waals surface area contributed by atoms with Gasteiger partial charge in [0.15, 0.2) is 5.82 Å². The summed E-state index contributed by atoms with van der Waals surface area (Å²) in [5.41, 5.74) is -1.90. The van der Waals surface area contributed by atoms with Crippen molar-refractivity contribution >= 4 is 39.7 Å². The van der Waals surface area contributed by atoms with Crippen LogP contribution in [0.4, 0.5) is 41.7 Å². The second-order valence-corrected chi connectivity index (χ2v) is 15.8. The number of nitrogens with one attached hydrogen (secondary N) is 1. The predicted octanol–water partition coefficient (Wildman–Crippen LogP) is 7.10. The Morgan fingerprint density at radius 1 is 1.12 bits per heavy atom. The van der Waals surface area contributed by atoms with Crippen molar-refractivity contribution in [3.8, 4) is 23.0 Å². The van der Waals surface area contributed by atoms with Crippen molar-refractivity contribution in [3.05, 3.63) is 47.7 Å². The number of alkyl halides is 4. The minimum atomic E-state index is -4.70. The van der Waals surface area contributed by atoms with Gasteiger partial charge in [0.05, 0.1) is 29.6 Å². The number of aryl methyl sites for hydroxylation is 1. The Kier molecular flexibility index (Phi) is 9.97. The van der Waals surface area contributed by atoms with E-state index in [-0.39, 0.29) is 107 Å². The number of alkyl carbamates (subject to hydrolysis) is 1. The number of halogens is 6. The van der Waals surface area contributed by atoms with Crippen molar-refractivity contribution in [3.63, 3.8) is 0 Å². The van der Waals surface area contributed by atoms with Gasteiger partial charge in [-0.3, -0.25) is 9.88 Å². The van der Waals surface area contributed by atoms with Crippen molar-refractivity contribution < 1.29 is 50.1 Å². The molecule has 0 saturated carbocycles. The molecule has 57 heavy (non-hydrogen) atoms. The molecule has 0 radical (unpaired) electrons. The van der Waals surface area contributed by atoms with Crippen LogP contribution in [0.15, 0.2) is 30.5 Å². The summed E-state index contributed by atoms with van der Waals surface area (Å²) in [6, 6.07) is 4.89. The summed E-state index contributed by atoms with van der Waals surface area (Å²) in [7, 11) is 0.915. The minimum Gasteiger partial charge on any atom is -0.461 e. The molecule has 2 aromatic heterocycles. The van der Waals surface area contributed by atoms with Crippen LogP contribution in [0.5, 0.6) is 11.8 Å². The van der Waals surface area contributed by atoms with E-state index in [1.807, 2.05) is 0 Å². The van der Waals surface area contributed by atoms with Crippen LogP contribution < -0.4 is 19.7 Å². The van der Waals surface area contributed by atoms with E-state index < -0.39 is 48.3 Å². The molecule has 0 spiro atoms. The second-order valence-electron chi connectivity index (χ2n) is 15.8. The molecule has 2 amide bonds. The molecule has 7 heterocycles. The highest BCUT2D eigenvalue weighted by atomic mass is 19.4. The van der Waals surface area contributed by atoms with Gasteiger partial charge in [0.2, 0.25) is 0 Å². The van der Waals surface area contributed by atoms with E-state index in [1.165, 1.54) is 24.4 Å². The van der Waals surface area contributed by atoms with Gasteiger partial charge in [0.25, 0.3) is 0 Å². The van der Waals surface area contributed by atoms with E-state index in [9.17, 15) is 22.8 Å². The molecule has 2 aromatic carbocycles. The van der Waals surface area contributed by atoms with Crippen LogP contribution >= 0.6 is 0 Å². The van der Waals surface area contributed by atoms with E-state index in [1.54, 1.807) is 11.8 Å². The van der Waals surface area contributed by atoms with Gasteiger partial charge < -0.3 is 29.3 Å². The molecule has 6 bridgehead atoms. The lowest BCUT2D eigenvalue weighted by atomic mass is 9.90. The zero-order valence-electron chi connectivity index (χ0n) is 31.4. The standard InChI is InChI=1S/C39H41F6N7O5/c1-37-16-23(40)18-51(19-37)33-27-17-46-31(30(42)32(27)47-34(48-33)56-21-38-9-4-11-52(38)12-5-10-38)26-15-24(57-36(54)50(2)20-39(43,44)45)14-22-7-8-28(41)25(29(22)26)6-3-13-55-35(53)49-37/h7-8,14-15,17,23H,3-6,9-13,16,18-21H2,1-2H3,(H,49,53). The molecule has 12 nitrogen and oxygen atoms in total. The third kappa shape index (κ3) is 7.67. The monoisotopic (exact) mass is 801 g/mol. The number of amides is 2. The Bertz CT molecular complexity index is 2230. The molecule has 3 saturated heterocycles. The zero-order chi connectivity index (χ0) is 40.3. The molecule has 18 heteroatoms. The highest BCUT2D eigenvalue weighted by Gasteiger charge is 2.45. The van der Waals surface area contributed by atoms with Crippen LogP contribution in [0.2, 0.25) is 0 Å². The number of carbonyl (C=O) groups is 2. The first-order chi connectivity index (χ1) is 27.1. The van der Waals surface area contributed by atoms with Crippen LogP contribution in [-0.4, -0.2) is 113 Å². The Morgan fingerprint density at radius 3 is 2.65 bits per heavy atom. The van der Waals surface area contributed by atoms with Crippen LogP contribution in [-0.2, 0) is 11.2 Å². The van der Waals surface area contributed by atoms with Gasteiger partial charge in [-0.2, -0.15) is 23.1 Å². The summed E-state index contributed by atoms with van der Waals surface area (Å²) in [4.78, 5) is 43.9. The molecule has 1 N–H and O–H groups in total. The number of pyridine rings is 1. The number of carbonyl (C=O) groups excluding carboxylic acids is 2. The normalized spacial score (nSPS) is 22.4. The van der Waals surface area contributed by atoms with E-state index in [0.717, 1.165) is 51.9 Å². The van der Waals surface area contributed by atoms with E-state index in [4.69, 9.17) is 19.2 Å². The molecule has 5 aliphatic heterocycles. The van der Waals surface area contributed by atoms with Gasteiger partial charge in [-0.1, -0.05) is 6.07 Å². The fourth-order valence-corrected chi connectivity index (χ4v) is 8.96. The Labute approximate surface area is 323 Å². The first-order valence-electron chi connectivity index (χ1n) is 18.9. The van der Waals surface area contributed by atoms with Crippen molar-refractivity contribution in [2.75, 3.05) is 57.9 Å². The smallest absolute Gasteiger partial charge is 0.415 e. The van der Waals surface area contributed by atoms with Gasteiger partial charge in [-0.05, 0) is 93.1 Å². The van der Waals surface area contributed by atoms with Crippen molar-refractivity contribution in [2.45, 2.75) is 75.3 Å². The summed E-state index contributed by atoms with van der Waals surface area (Å²) in [6.07, 6.45) is -3.09. The first kappa shape index (κ1) is 38.7. The van der Waals surface area contributed by atoms with Crippen molar-refractivity contribution in [2.24, 2.45) is 0 Å². The highest BCUT2D eigenvalue weighted by molar-refractivity contribution is 6.02. The van der Waals surface area contributed by atoms with E-state index in [0.29, 0.717) is 4.90 Å². The van der Waals surface area contributed by atoms with Gasteiger partial charge in [0, 0.05) is 31.8 Å². The quantitative estimate of drug-likeness (QED) is 0.209. The fourth-order valence-electron chi connectivity index (χ4n) is 8.96. The van der Waals surface area contributed by atoms with Crippen LogP contribution in [0, 0.1) is 11.6 Å². The Balaban J connectivity index is 1.31. The number of aromatic nitrogens is 3. The summed E-state index contributed by atoms with van der Waals surface area (Å²) in [5.74, 6) is -1.79. The average molecular weight is 802 g/mol. The Morgan fingerprint density at radius 2 is 1.89 bits per heavy atom. The second kappa shape index (κ2) is 14.7. The first-order valence-corrected chi connectivity index (χ1v) is 18.9. The summed E-state index contributed by atoms with van der Waals surface area (Å²) >= 11 is 0. The fraction of sp³-hybridized carbons (Fsp3) is 0.513. The number of nitrogens with zero attached hydrogens (tertiary/aromatic N) is 6. The van der Waals surface area contributed by atoms with Gasteiger partial charge >= 0.3 is 24.4 Å². The van der Waals surface area contributed by atoms with Crippen molar-refractivity contribution in [1.29, 1.82) is 0 Å². The number of hydrogen-bond acceptors (Lipinski definition) is 10. The maximum Gasteiger partial charge on any atom is 0.415 e. The zero-order valence-corrected chi connectivity index (χ0v) is 31.4. The van der Waals surface area contributed by atoms with Gasteiger partial charge in [0.1, 0.15) is 47.9 Å². The summed E-state index contributed by atoms with van der Waals surface area (Å²) in [5, 5.41) is 3.32. The molecule has 9 rings (SSSR count). The van der Waals surface area contributed by atoms with Crippen molar-refractivity contribution in [1.82, 2.24) is 30.1 Å². The lowest BCUT2D eigenvalue weighted by molar-refractivity contribution is -0.139. The summed E-state index contributed by atoms with van der Waals surface area (Å²) in [6.45, 7) is 1.93. The molecule has 3 fully saturated rings. The maximum absolute atomic E-state index is 17.4. The van der Waals surface area contributed by atoms with Gasteiger partial charge in [-0.15, -0.1) is 0 Å². The lowest BCUT2D eigenvalue weighted by Crippen LogP contribution is -2.60. The third-order valence-corrected chi connectivity index (χ3v) is 11.4. The Hall–Kier alpha value is -5.13. The van der Waals surface area contributed by atoms with Crippen LogP contribution in [0.3, 0.4) is 0 Å². The molecule has 304 valence electrons. The highest BCUT2D eigenvalue weighted by Crippen LogP contribution is 2.42. The summed E-state index contributed by atoms with van der Waals surface area (Å²) < 4.78 is 105. The number of anilines is 1. The average Bonchev–Trinajstić information content (AvgIpc) is 3.72. The molecular weight excluding hydrogens is 760 g/mol. The molecular formula is C39H41F6N7O5. The number of ether oxygens (including phenoxy) is 3. The van der Waals surface area contributed by atoms with Crippen LogP contribution in [0.25, 0.3) is 32.9 Å². The number of rotatable bonds is 5. The lowest BCUT2D eigenvalue weighted by Gasteiger charge is -2.42. The predicted molar refractivity (Wildman–Crippen MR) is 196 cm³/mol. The molecule has 4 aromatic rings. The molecule has 5 aliphatic rings. The van der Waals surface area contributed by atoms with Crippen LogP contribution in [0.1, 0.15) is 51.0 Å². The number of piperidine rings is 1. The van der Waals surface area contributed by atoms with Gasteiger partial charge in [-0.25, -0.2) is 22.8 Å².